The van der Waals surface area contributed by atoms with Gasteiger partial charge >= 0.3 is 0 Å². The van der Waals surface area contributed by atoms with Crippen molar-refractivity contribution in [1.29, 1.82) is 0 Å². The molecule has 0 bridgehead atoms. The van der Waals surface area contributed by atoms with Gasteiger partial charge in [-0.05, 0) is 104 Å². The topological polar surface area (TPSA) is 17.1 Å². The normalized spacial score (nSPS) is 60.2. The van der Waals surface area contributed by atoms with E-state index < -0.39 is 0 Å². The van der Waals surface area contributed by atoms with Crippen molar-refractivity contribution < 1.29 is 4.79 Å². The summed E-state index contributed by atoms with van der Waals surface area (Å²) in [4.78, 5) is 11.2. The molecule has 0 spiro atoms. The summed E-state index contributed by atoms with van der Waals surface area (Å²) in [7, 11) is 0. The maximum atomic E-state index is 11.2. The van der Waals surface area contributed by atoms with E-state index in [4.69, 9.17) is 0 Å². The molecule has 0 N–H and O–H groups in total. The van der Waals surface area contributed by atoms with Crippen LogP contribution in [0.1, 0.15) is 71.6 Å². The van der Waals surface area contributed by atoms with E-state index >= 15 is 0 Å². The van der Waals surface area contributed by atoms with E-state index in [-0.39, 0.29) is 0 Å². The molecular formula is C22H34O. The molecule has 4 unspecified atom stereocenters. The smallest absolute Gasteiger partial charge is 0.120 e. The SMILES string of the molecule is CC1CC[C@@H]2C3CC[C@]4(C)C(CC=O)[C@H]5C[C@H]5C4[C@@H]3CC[C@@H]2C1. The van der Waals surface area contributed by atoms with E-state index in [0.717, 1.165) is 59.7 Å². The predicted octanol–water partition coefficient (Wildman–Crippen LogP) is 5.34. The number of rotatable bonds is 2. The van der Waals surface area contributed by atoms with Gasteiger partial charge in [-0.3, -0.25) is 0 Å². The maximum Gasteiger partial charge on any atom is 0.120 e. The van der Waals surface area contributed by atoms with Crippen LogP contribution in [0.4, 0.5) is 0 Å². The van der Waals surface area contributed by atoms with Gasteiger partial charge in [0.1, 0.15) is 6.29 Å². The van der Waals surface area contributed by atoms with Crippen LogP contribution in [0.15, 0.2) is 0 Å². The van der Waals surface area contributed by atoms with Gasteiger partial charge in [0, 0.05) is 6.42 Å². The summed E-state index contributed by atoms with van der Waals surface area (Å²) < 4.78 is 0. The van der Waals surface area contributed by atoms with Crippen LogP contribution in [0.2, 0.25) is 0 Å². The molecule has 128 valence electrons. The lowest BCUT2D eigenvalue weighted by molar-refractivity contribution is -0.112. The average Bonchev–Trinajstić information content (AvgIpc) is 3.26. The second kappa shape index (κ2) is 5.09. The van der Waals surface area contributed by atoms with Crippen LogP contribution in [0.25, 0.3) is 0 Å². The fourth-order valence-electron chi connectivity index (χ4n) is 8.75. The molecule has 1 heteroatoms. The minimum absolute atomic E-state index is 0.518. The first-order chi connectivity index (χ1) is 11.1. The zero-order valence-electron chi connectivity index (χ0n) is 15.0. The summed E-state index contributed by atoms with van der Waals surface area (Å²) in [6.45, 7) is 5.07. The minimum atomic E-state index is 0.518. The van der Waals surface area contributed by atoms with E-state index in [1.807, 2.05) is 0 Å². The largest absolute Gasteiger partial charge is 0.303 e. The molecule has 5 aliphatic rings. The van der Waals surface area contributed by atoms with Crippen molar-refractivity contribution in [3.05, 3.63) is 0 Å². The Morgan fingerprint density at radius 3 is 2.57 bits per heavy atom. The molecule has 1 nitrogen and oxygen atoms in total. The van der Waals surface area contributed by atoms with Gasteiger partial charge in [0.05, 0.1) is 0 Å². The minimum Gasteiger partial charge on any atom is -0.303 e. The molecule has 5 fully saturated rings. The van der Waals surface area contributed by atoms with Crippen LogP contribution < -0.4 is 0 Å². The van der Waals surface area contributed by atoms with Crippen molar-refractivity contribution in [2.75, 3.05) is 0 Å². The Morgan fingerprint density at radius 2 is 1.74 bits per heavy atom. The summed E-state index contributed by atoms with van der Waals surface area (Å²) in [5, 5.41) is 0. The van der Waals surface area contributed by atoms with Crippen molar-refractivity contribution in [1.82, 2.24) is 0 Å². The second-order valence-corrected chi connectivity index (χ2v) is 10.4. The molecule has 0 amide bonds. The lowest BCUT2D eigenvalue weighted by atomic mass is 9.48. The number of carbonyl (C=O) groups excluding carboxylic acids is 1. The molecule has 5 rings (SSSR count). The van der Waals surface area contributed by atoms with Crippen LogP contribution >= 0.6 is 0 Å². The molecule has 0 saturated heterocycles. The van der Waals surface area contributed by atoms with Gasteiger partial charge in [-0.2, -0.15) is 0 Å². The van der Waals surface area contributed by atoms with E-state index in [0.29, 0.717) is 5.41 Å². The van der Waals surface area contributed by atoms with Gasteiger partial charge in [-0.25, -0.2) is 0 Å². The van der Waals surface area contributed by atoms with Gasteiger partial charge in [-0.1, -0.05) is 20.3 Å². The van der Waals surface area contributed by atoms with Gasteiger partial charge in [0.25, 0.3) is 0 Å². The molecule has 10 atom stereocenters. The highest BCUT2D eigenvalue weighted by atomic mass is 16.1. The Hall–Kier alpha value is -0.330. The summed E-state index contributed by atoms with van der Waals surface area (Å²) in [5.41, 5.74) is 0.518. The fourth-order valence-corrected chi connectivity index (χ4v) is 8.75. The zero-order chi connectivity index (χ0) is 15.8. The monoisotopic (exact) mass is 314 g/mol. The van der Waals surface area contributed by atoms with Crippen LogP contribution in [0.3, 0.4) is 0 Å². The quantitative estimate of drug-likeness (QED) is 0.629. The first-order valence-electron chi connectivity index (χ1n) is 10.6. The number of hydrogen-bond acceptors (Lipinski definition) is 1. The second-order valence-electron chi connectivity index (χ2n) is 10.4. The third kappa shape index (κ3) is 2.00. The van der Waals surface area contributed by atoms with Crippen LogP contribution in [-0.2, 0) is 4.79 Å². The van der Waals surface area contributed by atoms with Crippen molar-refractivity contribution in [3.63, 3.8) is 0 Å². The molecule has 0 heterocycles. The lowest BCUT2D eigenvalue weighted by Crippen LogP contribution is -2.49. The number of carbonyl (C=O) groups is 1. The number of aldehydes is 1. The summed E-state index contributed by atoms with van der Waals surface area (Å²) in [6, 6.07) is 0. The Bertz CT molecular complexity index is 498. The zero-order valence-corrected chi connectivity index (χ0v) is 15.0. The molecule has 23 heavy (non-hydrogen) atoms. The first-order valence-corrected chi connectivity index (χ1v) is 10.6. The Kier molecular flexibility index (Phi) is 3.31. The Labute approximate surface area is 142 Å². The Balaban J connectivity index is 1.42. The van der Waals surface area contributed by atoms with E-state index in [9.17, 15) is 4.79 Å². The summed E-state index contributed by atoms with van der Waals surface area (Å²) in [6.07, 6.45) is 14.1. The van der Waals surface area contributed by atoms with Crippen molar-refractivity contribution in [2.45, 2.75) is 71.6 Å². The summed E-state index contributed by atoms with van der Waals surface area (Å²) >= 11 is 0. The standard InChI is InChI=1S/C22H34O/c1-13-3-5-15-14(11-13)4-6-17-16(15)7-9-22(2)20(8-10-23)18-12-19(18)21(17)22/h10,13-21H,3-9,11-12H2,1-2H3/t13?,14-,15+,16?,17-,18+,19-,20?,21?,22-/m1/s1. The third-order valence-electron chi connectivity index (χ3n) is 9.58. The van der Waals surface area contributed by atoms with Gasteiger partial charge in [0.15, 0.2) is 0 Å². The van der Waals surface area contributed by atoms with Gasteiger partial charge in [-0.15, -0.1) is 0 Å². The average molecular weight is 315 g/mol. The molecule has 5 aliphatic carbocycles. The first kappa shape index (κ1) is 15.0. The molecular weight excluding hydrogens is 280 g/mol. The highest BCUT2D eigenvalue weighted by Gasteiger charge is 2.68. The van der Waals surface area contributed by atoms with E-state index in [1.165, 1.54) is 57.7 Å². The molecule has 0 radical (unpaired) electrons. The molecule has 5 saturated carbocycles. The van der Waals surface area contributed by atoms with Crippen molar-refractivity contribution >= 4 is 6.29 Å². The van der Waals surface area contributed by atoms with Crippen molar-refractivity contribution in [2.24, 2.45) is 58.7 Å². The maximum absolute atomic E-state index is 11.2. The Morgan fingerprint density at radius 1 is 0.913 bits per heavy atom. The van der Waals surface area contributed by atoms with Gasteiger partial charge in [0.2, 0.25) is 0 Å². The number of hydrogen-bond donors (Lipinski definition) is 0. The molecule has 0 aromatic rings. The molecule has 0 aromatic carbocycles. The lowest BCUT2D eigenvalue weighted by Gasteiger charge is -2.57. The fraction of sp³-hybridized carbons (Fsp3) is 0.955. The van der Waals surface area contributed by atoms with E-state index in [2.05, 4.69) is 13.8 Å². The van der Waals surface area contributed by atoms with Gasteiger partial charge < -0.3 is 4.79 Å². The summed E-state index contributed by atoms with van der Waals surface area (Å²) in [5.74, 6) is 8.85. The molecule has 0 aliphatic heterocycles. The van der Waals surface area contributed by atoms with E-state index in [1.54, 1.807) is 0 Å². The predicted molar refractivity (Wildman–Crippen MR) is 92.8 cm³/mol. The van der Waals surface area contributed by atoms with Crippen molar-refractivity contribution in [3.8, 4) is 0 Å². The highest BCUT2D eigenvalue weighted by molar-refractivity contribution is 5.51. The van der Waals surface area contributed by atoms with Crippen LogP contribution in [0, 0.1) is 58.7 Å². The number of fused-ring (bicyclic) bond motifs is 7. The van der Waals surface area contributed by atoms with Crippen LogP contribution in [-0.4, -0.2) is 6.29 Å². The third-order valence-corrected chi connectivity index (χ3v) is 9.58. The van der Waals surface area contributed by atoms with Crippen LogP contribution in [0.5, 0.6) is 0 Å². The highest BCUT2D eigenvalue weighted by Crippen LogP contribution is 2.75. The molecule has 0 aromatic heterocycles.